The number of ether oxygens (including phenoxy) is 1. The van der Waals surface area contributed by atoms with Gasteiger partial charge in [-0.1, -0.05) is 18.2 Å². The summed E-state index contributed by atoms with van der Waals surface area (Å²) in [6.45, 7) is 4.55. The third-order valence-electron chi connectivity index (χ3n) is 4.77. The van der Waals surface area contributed by atoms with E-state index in [2.05, 4.69) is 34.6 Å². The summed E-state index contributed by atoms with van der Waals surface area (Å²) in [5.74, 6) is 0.550. The first-order chi connectivity index (χ1) is 13.7. The van der Waals surface area contributed by atoms with Crippen LogP contribution in [0.2, 0.25) is 0 Å². The molecule has 2 aromatic rings. The minimum absolute atomic E-state index is 0.0126. The number of hydrogen-bond donors (Lipinski definition) is 2. The molecule has 0 atom stereocenters. The Kier molecular flexibility index (Phi) is 6.89. The highest BCUT2D eigenvalue weighted by molar-refractivity contribution is 5.94. The Bertz CT molecular complexity index is 808. The van der Waals surface area contributed by atoms with E-state index in [4.69, 9.17) is 4.74 Å². The largest absolute Gasteiger partial charge is 0.484 e. The summed E-state index contributed by atoms with van der Waals surface area (Å²) < 4.78 is 5.59. The lowest BCUT2D eigenvalue weighted by Crippen LogP contribution is -2.32. The zero-order valence-electron chi connectivity index (χ0n) is 16.2. The minimum Gasteiger partial charge on any atom is -0.484 e. The highest BCUT2D eigenvalue weighted by Crippen LogP contribution is 2.26. The van der Waals surface area contributed by atoms with Crippen LogP contribution in [0, 0.1) is 0 Å². The molecular formula is C22H27N3O3. The van der Waals surface area contributed by atoms with Crippen LogP contribution in [0.4, 0.5) is 11.4 Å². The van der Waals surface area contributed by atoms with Gasteiger partial charge < -0.3 is 20.3 Å². The van der Waals surface area contributed by atoms with Crippen LogP contribution >= 0.6 is 0 Å². The molecule has 2 amide bonds. The quantitative estimate of drug-likeness (QED) is 0.655. The van der Waals surface area contributed by atoms with Gasteiger partial charge >= 0.3 is 0 Å². The van der Waals surface area contributed by atoms with E-state index < -0.39 is 0 Å². The fraction of sp³-hybridized carbons (Fsp3) is 0.364. The average molecular weight is 381 g/mol. The van der Waals surface area contributed by atoms with Gasteiger partial charge in [0.1, 0.15) is 5.75 Å². The Morgan fingerprint density at radius 1 is 1.18 bits per heavy atom. The SMILES string of the molecule is CCN(CCCNC(=O)COc1ccc2c(c1)CCC(=O)N2)c1ccccc1. The summed E-state index contributed by atoms with van der Waals surface area (Å²) in [4.78, 5) is 25.7. The molecule has 2 aromatic carbocycles. The predicted molar refractivity (Wildman–Crippen MR) is 111 cm³/mol. The summed E-state index contributed by atoms with van der Waals surface area (Å²) >= 11 is 0. The van der Waals surface area contributed by atoms with Crippen LogP contribution in [-0.2, 0) is 16.0 Å². The predicted octanol–water partition coefficient (Wildman–Crippen LogP) is 2.98. The number of para-hydroxylation sites is 1. The van der Waals surface area contributed by atoms with Crippen LogP contribution in [0.1, 0.15) is 25.3 Å². The lowest BCUT2D eigenvalue weighted by atomic mass is 10.0. The van der Waals surface area contributed by atoms with E-state index in [1.54, 1.807) is 6.07 Å². The van der Waals surface area contributed by atoms with Gasteiger partial charge in [0.25, 0.3) is 5.91 Å². The molecule has 148 valence electrons. The van der Waals surface area contributed by atoms with Crippen LogP contribution in [0.3, 0.4) is 0 Å². The molecule has 0 radical (unpaired) electrons. The number of fused-ring (bicyclic) bond motifs is 1. The van der Waals surface area contributed by atoms with E-state index >= 15 is 0 Å². The first-order valence-corrected chi connectivity index (χ1v) is 9.78. The van der Waals surface area contributed by atoms with Crippen LogP contribution in [0.25, 0.3) is 0 Å². The third-order valence-corrected chi connectivity index (χ3v) is 4.77. The van der Waals surface area contributed by atoms with E-state index in [-0.39, 0.29) is 18.4 Å². The van der Waals surface area contributed by atoms with Crippen LogP contribution in [0.5, 0.6) is 5.75 Å². The number of benzene rings is 2. The number of nitrogens with zero attached hydrogens (tertiary/aromatic N) is 1. The summed E-state index contributed by atoms with van der Waals surface area (Å²) in [7, 11) is 0. The fourth-order valence-corrected chi connectivity index (χ4v) is 3.26. The second kappa shape index (κ2) is 9.78. The number of rotatable bonds is 9. The molecule has 0 spiro atoms. The van der Waals surface area contributed by atoms with Gasteiger partial charge in [0.05, 0.1) is 0 Å². The van der Waals surface area contributed by atoms with Crippen molar-refractivity contribution in [1.29, 1.82) is 0 Å². The molecule has 0 fully saturated rings. The molecule has 2 N–H and O–H groups in total. The zero-order valence-corrected chi connectivity index (χ0v) is 16.2. The maximum atomic E-state index is 12.0. The van der Waals surface area contributed by atoms with Crippen LogP contribution in [0.15, 0.2) is 48.5 Å². The molecule has 1 aliphatic heterocycles. The molecule has 0 saturated heterocycles. The van der Waals surface area contributed by atoms with Crippen molar-refractivity contribution < 1.29 is 14.3 Å². The Morgan fingerprint density at radius 3 is 2.79 bits per heavy atom. The minimum atomic E-state index is -0.131. The molecule has 0 unspecified atom stereocenters. The van der Waals surface area contributed by atoms with Crippen LogP contribution in [-0.4, -0.2) is 38.1 Å². The Hall–Kier alpha value is -3.02. The first-order valence-electron chi connectivity index (χ1n) is 9.78. The van der Waals surface area contributed by atoms with Crippen molar-refractivity contribution in [3.8, 4) is 5.75 Å². The molecular weight excluding hydrogens is 354 g/mol. The Labute approximate surface area is 165 Å². The molecule has 1 heterocycles. The van der Waals surface area contributed by atoms with Crippen molar-refractivity contribution in [2.45, 2.75) is 26.2 Å². The van der Waals surface area contributed by atoms with Gasteiger partial charge in [-0.3, -0.25) is 9.59 Å². The first kappa shape index (κ1) is 19.7. The molecule has 6 heteroatoms. The van der Waals surface area contributed by atoms with Gasteiger partial charge in [0.15, 0.2) is 6.61 Å². The Morgan fingerprint density at radius 2 is 2.00 bits per heavy atom. The standard InChI is InChI=1S/C22H27N3O3/c1-2-25(18-7-4-3-5-8-18)14-6-13-23-22(27)16-28-19-10-11-20-17(15-19)9-12-21(26)24-20/h3-5,7-8,10-11,15H,2,6,9,12-14,16H2,1H3,(H,23,27)(H,24,26). The summed E-state index contributed by atoms with van der Waals surface area (Å²) in [6, 6.07) is 15.8. The normalized spacial score (nSPS) is 12.7. The van der Waals surface area contributed by atoms with E-state index in [0.29, 0.717) is 25.1 Å². The van der Waals surface area contributed by atoms with E-state index in [0.717, 1.165) is 30.8 Å². The van der Waals surface area contributed by atoms with Crippen molar-refractivity contribution in [3.63, 3.8) is 0 Å². The summed E-state index contributed by atoms with van der Waals surface area (Å²) in [5, 5.41) is 5.74. The summed E-state index contributed by atoms with van der Waals surface area (Å²) in [6.07, 6.45) is 2.04. The molecule has 28 heavy (non-hydrogen) atoms. The van der Waals surface area contributed by atoms with Gasteiger partial charge in [0, 0.05) is 37.4 Å². The maximum Gasteiger partial charge on any atom is 0.257 e. The lowest BCUT2D eigenvalue weighted by Gasteiger charge is -2.23. The van der Waals surface area contributed by atoms with E-state index in [1.165, 1.54) is 5.69 Å². The maximum absolute atomic E-state index is 12.0. The lowest BCUT2D eigenvalue weighted by molar-refractivity contribution is -0.123. The second-order valence-corrected chi connectivity index (χ2v) is 6.77. The van der Waals surface area contributed by atoms with Gasteiger partial charge in [-0.15, -0.1) is 0 Å². The number of anilines is 2. The summed E-state index contributed by atoms with van der Waals surface area (Å²) in [5.41, 5.74) is 3.06. The van der Waals surface area contributed by atoms with Crippen molar-refractivity contribution in [1.82, 2.24) is 5.32 Å². The highest BCUT2D eigenvalue weighted by atomic mass is 16.5. The van der Waals surface area contributed by atoms with Gasteiger partial charge in [-0.2, -0.15) is 0 Å². The molecule has 0 aliphatic carbocycles. The second-order valence-electron chi connectivity index (χ2n) is 6.77. The highest BCUT2D eigenvalue weighted by Gasteiger charge is 2.15. The Balaban J connectivity index is 1.37. The fourth-order valence-electron chi connectivity index (χ4n) is 3.26. The molecule has 0 bridgehead atoms. The zero-order chi connectivity index (χ0) is 19.8. The monoisotopic (exact) mass is 381 g/mol. The van der Waals surface area contributed by atoms with Crippen molar-refractivity contribution in [2.75, 3.05) is 36.5 Å². The molecule has 0 saturated carbocycles. The number of nitrogens with one attached hydrogen (secondary N) is 2. The molecule has 3 rings (SSSR count). The van der Waals surface area contributed by atoms with Crippen molar-refractivity contribution in [2.24, 2.45) is 0 Å². The van der Waals surface area contributed by atoms with E-state index in [9.17, 15) is 9.59 Å². The van der Waals surface area contributed by atoms with E-state index in [1.807, 2.05) is 30.3 Å². The number of hydrogen-bond acceptors (Lipinski definition) is 4. The topological polar surface area (TPSA) is 70.7 Å². The third kappa shape index (κ3) is 5.49. The van der Waals surface area contributed by atoms with Crippen molar-refractivity contribution >= 4 is 23.2 Å². The number of carbonyl (C=O) groups is 2. The molecule has 1 aliphatic rings. The number of amides is 2. The molecule has 0 aromatic heterocycles. The number of carbonyl (C=O) groups excluding carboxylic acids is 2. The average Bonchev–Trinajstić information content (AvgIpc) is 2.73. The smallest absolute Gasteiger partial charge is 0.257 e. The van der Waals surface area contributed by atoms with Gasteiger partial charge in [0.2, 0.25) is 5.91 Å². The van der Waals surface area contributed by atoms with Crippen LogP contribution < -0.4 is 20.3 Å². The van der Waals surface area contributed by atoms with Crippen molar-refractivity contribution in [3.05, 3.63) is 54.1 Å². The molecule has 6 nitrogen and oxygen atoms in total. The van der Waals surface area contributed by atoms with Gasteiger partial charge in [-0.25, -0.2) is 0 Å². The van der Waals surface area contributed by atoms with Gasteiger partial charge in [-0.05, 0) is 55.7 Å². The number of aryl methyl sites for hydroxylation is 1.